The number of aromatic nitrogens is 2. The number of halogens is 2. The third-order valence-corrected chi connectivity index (χ3v) is 2.58. The molecular weight excluding hydrogens is 416 g/mol. The summed E-state index contributed by atoms with van der Waals surface area (Å²) in [7, 11) is 0. The smallest absolute Gasteiger partial charge is 0.329 e. The van der Waals surface area contributed by atoms with Gasteiger partial charge in [0.25, 0.3) is 0 Å². The molecule has 5 heteroatoms. The molecule has 0 aliphatic heterocycles. The number of nitrogens with one attached hydrogen (secondary N) is 1. The summed E-state index contributed by atoms with van der Waals surface area (Å²) in [5, 5.41) is 0. The van der Waals surface area contributed by atoms with Gasteiger partial charge in [-0.1, -0.05) is 12.7 Å². The Kier molecular flexibility index (Phi) is 7.57. The Bertz CT molecular complexity index is 372. The van der Waals surface area contributed by atoms with Crippen molar-refractivity contribution in [1.82, 2.24) is 4.98 Å². The highest BCUT2D eigenvalue weighted by Crippen LogP contribution is 2.20. The van der Waals surface area contributed by atoms with Gasteiger partial charge in [0.2, 0.25) is 0 Å². The van der Waals surface area contributed by atoms with Crippen LogP contribution in [-0.2, 0) is 0 Å². The van der Waals surface area contributed by atoms with E-state index in [-0.39, 0.29) is 24.0 Å². The van der Waals surface area contributed by atoms with Crippen LogP contribution in [0, 0.1) is 0 Å². The summed E-state index contributed by atoms with van der Waals surface area (Å²) in [6, 6.07) is 1.83. The number of H-pyrrole nitrogens is 1. The van der Waals surface area contributed by atoms with Gasteiger partial charge >= 0.3 is 5.82 Å². The number of rotatable bonds is 3. The molecular formula is C10H11I2N3. The standard InChI is InChI=1S/C10H10IN3.HI/c1-2-9(11)8(4-5-12)10-13-6-3-7-14-10;/h2-7H,1,12H2;1H/b5-4-,9-8-;. The molecule has 0 radical (unpaired) electrons. The summed E-state index contributed by atoms with van der Waals surface area (Å²) < 4.78 is 0.999. The van der Waals surface area contributed by atoms with Gasteiger partial charge < -0.3 is 29.7 Å². The van der Waals surface area contributed by atoms with E-state index in [0.717, 1.165) is 15.0 Å². The maximum Gasteiger partial charge on any atom is 0.329 e. The van der Waals surface area contributed by atoms with Crippen molar-refractivity contribution in [1.29, 1.82) is 0 Å². The molecule has 3 N–H and O–H groups in total. The molecule has 0 saturated heterocycles. The van der Waals surface area contributed by atoms with Crippen LogP contribution in [0.4, 0.5) is 0 Å². The fourth-order valence-corrected chi connectivity index (χ4v) is 1.39. The molecule has 0 aromatic carbocycles. The first-order chi connectivity index (χ1) is 6.79. The van der Waals surface area contributed by atoms with Crippen LogP contribution in [0.2, 0.25) is 0 Å². The van der Waals surface area contributed by atoms with Crippen LogP contribution in [-0.4, -0.2) is 4.98 Å². The van der Waals surface area contributed by atoms with E-state index in [2.05, 4.69) is 39.1 Å². The molecule has 1 aromatic heterocycles. The largest absolute Gasteiger partial charge is 1.00 e. The van der Waals surface area contributed by atoms with E-state index in [1.54, 1.807) is 18.3 Å². The second-order valence-electron chi connectivity index (χ2n) is 2.46. The van der Waals surface area contributed by atoms with Crippen LogP contribution in [0.3, 0.4) is 0 Å². The van der Waals surface area contributed by atoms with Gasteiger partial charge in [-0.25, -0.2) is 4.98 Å². The molecule has 1 rings (SSSR count). The van der Waals surface area contributed by atoms with Crippen molar-refractivity contribution in [3.05, 3.63) is 52.8 Å². The van der Waals surface area contributed by atoms with Crippen molar-refractivity contribution >= 4 is 28.2 Å². The van der Waals surface area contributed by atoms with E-state index in [1.165, 1.54) is 6.20 Å². The van der Waals surface area contributed by atoms with E-state index in [1.807, 2.05) is 12.3 Å². The van der Waals surface area contributed by atoms with Crippen molar-refractivity contribution in [2.75, 3.05) is 0 Å². The van der Waals surface area contributed by atoms with Gasteiger partial charge in [0.05, 0.1) is 11.8 Å². The third kappa shape index (κ3) is 4.29. The highest BCUT2D eigenvalue weighted by atomic mass is 127. The Morgan fingerprint density at radius 1 is 1.60 bits per heavy atom. The van der Waals surface area contributed by atoms with Gasteiger partial charge in [0.1, 0.15) is 6.20 Å². The van der Waals surface area contributed by atoms with Crippen LogP contribution in [0.15, 0.2) is 47.0 Å². The lowest BCUT2D eigenvalue weighted by molar-refractivity contribution is -0.386. The van der Waals surface area contributed by atoms with Gasteiger partial charge in [-0.2, -0.15) is 0 Å². The zero-order valence-corrected chi connectivity index (χ0v) is 12.3. The summed E-state index contributed by atoms with van der Waals surface area (Å²) in [4.78, 5) is 7.23. The molecule has 0 bridgehead atoms. The molecule has 0 aliphatic rings. The Hall–Kier alpha value is -0.440. The van der Waals surface area contributed by atoms with Crippen molar-refractivity contribution in [3.63, 3.8) is 0 Å². The summed E-state index contributed by atoms with van der Waals surface area (Å²) in [5.41, 5.74) is 6.30. The molecule has 0 spiro atoms. The van der Waals surface area contributed by atoms with E-state index < -0.39 is 0 Å². The lowest BCUT2D eigenvalue weighted by Crippen LogP contribution is -3.00. The van der Waals surface area contributed by atoms with E-state index in [4.69, 9.17) is 5.73 Å². The summed E-state index contributed by atoms with van der Waals surface area (Å²) >= 11 is 2.19. The molecule has 0 amide bonds. The molecule has 0 atom stereocenters. The minimum atomic E-state index is 0. The van der Waals surface area contributed by atoms with E-state index in [9.17, 15) is 0 Å². The summed E-state index contributed by atoms with van der Waals surface area (Å²) in [6.07, 6.45) is 8.59. The first-order valence-electron chi connectivity index (χ1n) is 4.03. The second-order valence-corrected chi connectivity index (χ2v) is 3.62. The average Bonchev–Trinajstić information content (AvgIpc) is 2.26. The zero-order valence-electron chi connectivity index (χ0n) is 7.95. The molecule has 0 aliphatic carbocycles. The van der Waals surface area contributed by atoms with Gasteiger partial charge in [0, 0.05) is 9.65 Å². The highest BCUT2D eigenvalue weighted by molar-refractivity contribution is 14.1. The molecule has 0 unspecified atom stereocenters. The van der Waals surface area contributed by atoms with Crippen LogP contribution in [0.25, 0.3) is 5.57 Å². The second kappa shape index (κ2) is 7.80. The maximum absolute atomic E-state index is 5.37. The first-order valence-corrected chi connectivity index (χ1v) is 5.11. The number of allylic oxidation sites excluding steroid dienone is 4. The fourth-order valence-electron chi connectivity index (χ4n) is 0.950. The Morgan fingerprint density at radius 3 is 2.80 bits per heavy atom. The Balaban J connectivity index is 0.00000196. The number of hydrogen-bond acceptors (Lipinski definition) is 2. The van der Waals surface area contributed by atoms with Crippen LogP contribution in [0.1, 0.15) is 5.82 Å². The number of nitrogens with two attached hydrogens (primary N) is 1. The van der Waals surface area contributed by atoms with E-state index in [0.29, 0.717) is 0 Å². The molecule has 80 valence electrons. The maximum atomic E-state index is 5.37. The molecule has 0 fully saturated rings. The van der Waals surface area contributed by atoms with Gasteiger partial charge in [-0.3, -0.25) is 0 Å². The zero-order chi connectivity index (χ0) is 10.4. The lowest BCUT2D eigenvalue weighted by Gasteiger charge is -1.95. The van der Waals surface area contributed by atoms with Crippen LogP contribution < -0.4 is 34.7 Å². The number of aromatic amines is 1. The highest BCUT2D eigenvalue weighted by Gasteiger charge is 2.10. The monoisotopic (exact) mass is 427 g/mol. The topological polar surface area (TPSA) is 53.0 Å². The van der Waals surface area contributed by atoms with Gasteiger partial charge in [-0.05, 0) is 39.9 Å². The summed E-state index contributed by atoms with van der Waals surface area (Å²) in [6.45, 7) is 3.71. The van der Waals surface area contributed by atoms with Crippen molar-refractivity contribution < 1.29 is 29.0 Å². The van der Waals surface area contributed by atoms with E-state index >= 15 is 0 Å². The fraction of sp³-hybridized carbons (Fsp3) is 0. The number of nitrogens with zero attached hydrogens (tertiary/aromatic N) is 1. The Morgan fingerprint density at radius 2 is 2.33 bits per heavy atom. The lowest BCUT2D eigenvalue weighted by atomic mass is 10.2. The summed E-state index contributed by atoms with van der Waals surface area (Å²) in [5.74, 6) is 0.776. The van der Waals surface area contributed by atoms with Crippen LogP contribution in [0.5, 0.6) is 0 Å². The molecule has 1 heterocycles. The SMILES string of the molecule is C=C/C(I)=C(\C=C/N)c1nccc[nH+]1.[I-]. The Labute approximate surface area is 120 Å². The number of hydrogen-bond donors (Lipinski definition) is 1. The van der Waals surface area contributed by atoms with Crippen molar-refractivity contribution in [2.24, 2.45) is 5.73 Å². The van der Waals surface area contributed by atoms with Crippen molar-refractivity contribution in [3.8, 4) is 0 Å². The predicted octanol–water partition coefficient (Wildman–Crippen LogP) is -1.30. The molecule has 0 saturated carbocycles. The first kappa shape index (κ1) is 14.6. The van der Waals surface area contributed by atoms with Crippen LogP contribution >= 0.6 is 22.6 Å². The third-order valence-electron chi connectivity index (χ3n) is 1.56. The molecule has 3 nitrogen and oxygen atoms in total. The van der Waals surface area contributed by atoms with Gasteiger partial charge in [-0.15, -0.1) is 0 Å². The minimum absolute atomic E-state index is 0. The predicted molar refractivity (Wildman–Crippen MR) is 65.3 cm³/mol. The molecule has 15 heavy (non-hydrogen) atoms. The normalized spacial score (nSPS) is 11.8. The van der Waals surface area contributed by atoms with Gasteiger partial charge in [0.15, 0.2) is 0 Å². The molecule has 1 aromatic rings. The van der Waals surface area contributed by atoms with Crippen molar-refractivity contribution in [2.45, 2.75) is 0 Å². The average molecular weight is 427 g/mol. The quantitative estimate of drug-likeness (QED) is 0.482. The minimum Gasteiger partial charge on any atom is -1.00 e.